The summed E-state index contributed by atoms with van der Waals surface area (Å²) in [6.07, 6.45) is 1.96. The Morgan fingerprint density at radius 2 is 2.11 bits per heavy atom. The van der Waals surface area contributed by atoms with Crippen molar-refractivity contribution in [1.29, 1.82) is 0 Å². The van der Waals surface area contributed by atoms with Crippen LogP contribution in [0.15, 0.2) is 0 Å². The molecular weight excluding hydrogens is 156 g/mol. The Balaban J connectivity index is 3.85. The van der Waals surface area contributed by atoms with Crippen LogP contribution < -0.4 is 0 Å². The normalized spacial score (nSPS) is 11.6. The smallest absolute Gasteiger partial charge is 0.228 e. The molecule has 0 radical (unpaired) electrons. The number of rotatable bonds is 3. The molecule has 0 aliphatic carbocycles. The first-order valence-corrected chi connectivity index (χ1v) is 4.47. The molecule has 0 aliphatic heterocycles. The van der Waals surface area contributed by atoms with Crippen molar-refractivity contribution in [3.63, 3.8) is 0 Å². The molecule has 0 amide bonds. The van der Waals surface area contributed by atoms with Crippen molar-refractivity contribution < 1.29 is 4.79 Å². The zero-order valence-electron chi connectivity index (χ0n) is 5.90. The van der Waals surface area contributed by atoms with Crippen molar-refractivity contribution in [2.75, 3.05) is 12.0 Å². The minimum absolute atomic E-state index is 0.253. The number of hydrogen-bond acceptors (Lipinski definition) is 2. The second-order valence-corrected chi connectivity index (χ2v) is 3.80. The number of halogens is 1. The molecule has 3 heteroatoms. The number of carbonyl (C=O) groups excluding carboxylic acids is 1. The SMILES string of the molecule is CSCC(C)(C)C(=O)Cl. The maximum absolute atomic E-state index is 10.6. The molecule has 0 N–H and O–H groups in total. The molecule has 0 aliphatic rings. The predicted octanol–water partition coefficient (Wildman–Crippen LogP) is 2.14. The summed E-state index contributed by atoms with van der Waals surface area (Å²) in [7, 11) is 0. The summed E-state index contributed by atoms with van der Waals surface area (Å²) in [4.78, 5) is 10.6. The van der Waals surface area contributed by atoms with Gasteiger partial charge in [-0.2, -0.15) is 11.8 Å². The van der Waals surface area contributed by atoms with Gasteiger partial charge in [0.2, 0.25) is 5.24 Å². The number of carbonyl (C=O) groups is 1. The molecule has 0 aromatic rings. The highest BCUT2D eigenvalue weighted by Gasteiger charge is 2.24. The van der Waals surface area contributed by atoms with Gasteiger partial charge in [0, 0.05) is 11.2 Å². The summed E-state index contributed by atoms with van der Waals surface area (Å²) in [5.74, 6) is 0.787. The van der Waals surface area contributed by atoms with Gasteiger partial charge in [0.25, 0.3) is 0 Å². The minimum atomic E-state index is -0.360. The van der Waals surface area contributed by atoms with Crippen LogP contribution in [0, 0.1) is 5.41 Å². The van der Waals surface area contributed by atoms with E-state index in [1.165, 1.54) is 0 Å². The minimum Gasteiger partial charge on any atom is -0.281 e. The van der Waals surface area contributed by atoms with Gasteiger partial charge in [-0.1, -0.05) is 13.8 Å². The molecule has 0 fully saturated rings. The van der Waals surface area contributed by atoms with E-state index in [0.717, 1.165) is 5.75 Å². The Kier molecular flexibility index (Phi) is 3.59. The van der Waals surface area contributed by atoms with E-state index in [4.69, 9.17) is 11.6 Å². The van der Waals surface area contributed by atoms with Crippen molar-refractivity contribution in [3.05, 3.63) is 0 Å². The Morgan fingerprint density at radius 3 is 2.22 bits per heavy atom. The van der Waals surface area contributed by atoms with Gasteiger partial charge in [-0.15, -0.1) is 0 Å². The van der Waals surface area contributed by atoms with E-state index in [1.54, 1.807) is 11.8 Å². The highest BCUT2D eigenvalue weighted by molar-refractivity contribution is 7.98. The standard InChI is InChI=1S/C6H11ClOS/c1-6(2,4-9-3)5(7)8/h4H2,1-3H3. The molecule has 0 atom stereocenters. The highest BCUT2D eigenvalue weighted by Crippen LogP contribution is 2.22. The molecule has 0 rings (SSSR count). The number of hydrogen-bond donors (Lipinski definition) is 0. The third-order valence-electron chi connectivity index (χ3n) is 1.04. The third-order valence-corrected chi connectivity index (χ3v) is 2.56. The first-order valence-electron chi connectivity index (χ1n) is 2.69. The van der Waals surface area contributed by atoms with Gasteiger partial charge in [-0.25, -0.2) is 0 Å². The van der Waals surface area contributed by atoms with E-state index in [1.807, 2.05) is 20.1 Å². The van der Waals surface area contributed by atoms with Crippen molar-refractivity contribution >= 4 is 28.6 Å². The van der Waals surface area contributed by atoms with Gasteiger partial charge in [0.15, 0.2) is 0 Å². The second-order valence-electron chi connectivity index (χ2n) is 2.59. The lowest BCUT2D eigenvalue weighted by atomic mass is 9.99. The van der Waals surface area contributed by atoms with Gasteiger partial charge in [-0.3, -0.25) is 4.79 Å². The van der Waals surface area contributed by atoms with Gasteiger partial charge in [0.05, 0.1) is 0 Å². The summed E-state index contributed by atoms with van der Waals surface area (Å²) in [5.41, 5.74) is -0.360. The quantitative estimate of drug-likeness (QED) is 0.598. The average molecular weight is 167 g/mol. The fraction of sp³-hybridized carbons (Fsp3) is 0.833. The zero-order chi connectivity index (χ0) is 7.49. The van der Waals surface area contributed by atoms with Gasteiger partial charge >= 0.3 is 0 Å². The largest absolute Gasteiger partial charge is 0.281 e. The fourth-order valence-corrected chi connectivity index (χ4v) is 1.42. The molecule has 0 bridgehead atoms. The van der Waals surface area contributed by atoms with Gasteiger partial charge in [0.1, 0.15) is 0 Å². The van der Waals surface area contributed by atoms with Crippen LogP contribution in [0.4, 0.5) is 0 Å². The first-order chi connectivity index (χ1) is 4.00. The Bertz CT molecular complexity index is 112. The van der Waals surface area contributed by atoms with E-state index >= 15 is 0 Å². The van der Waals surface area contributed by atoms with E-state index in [9.17, 15) is 4.79 Å². The third kappa shape index (κ3) is 3.11. The van der Waals surface area contributed by atoms with Crippen molar-refractivity contribution in [1.82, 2.24) is 0 Å². The van der Waals surface area contributed by atoms with Crippen molar-refractivity contribution in [3.8, 4) is 0 Å². The van der Waals surface area contributed by atoms with Crippen LogP contribution in [0.2, 0.25) is 0 Å². The molecule has 0 saturated carbocycles. The lowest BCUT2D eigenvalue weighted by molar-refractivity contribution is -0.117. The van der Waals surface area contributed by atoms with Crippen LogP contribution >= 0.6 is 23.4 Å². The molecule has 54 valence electrons. The maximum atomic E-state index is 10.6. The summed E-state index contributed by atoms with van der Waals surface area (Å²) in [6.45, 7) is 3.69. The Labute approximate surface area is 65.2 Å². The Hall–Kier alpha value is 0.310. The lowest BCUT2D eigenvalue weighted by Gasteiger charge is -2.16. The summed E-state index contributed by atoms with van der Waals surface area (Å²) in [5, 5.41) is -0.253. The monoisotopic (exact) mass is 166 g/mol. The van der Waals surface area contributed by atoms with Crippen LogP contribution in [0.1, 0.15) is 13.8 Å². The van der Waals surface area contributed by atoms with Crippen LogP contribution in [0.3, 0.4) is 0 Å². The molecule has 0 saturated heterocycles. The summed E-state index contributed by atoms with van der Waals surface area (Å²) in [6, 6.07) is 0. The van der Waals surface area contributed by atoms with Crippen LogP contribution in [0.25, 0.3) is 0 Å². The molecule has 9 heavy (non-hydrogen) atoms. The van der Waals surface area contributed by atoms with E-state index < -0.39 is 0 Å². The predicted molar refractivity (Wildman–Crippen MR) is 43.0 cm³/mol. The highest BCUT2D eigenvalue weighted by atomic mass is 35.5. The molecule has 0 aromatic heterocycles. The van der Waals surface area contributed by atoms with Gasteiger partial charge in [-0.05, 0) is 17.9 Å². The summed E-state index contributed by atoms with van der Waals surface area (Å²) < 4.78 is 0. The molecule has 0 aromatic carbocycles. The lowest BCUT2D eigenvalue weighted by Crippen LogP contribution is -2.21. The van der Waals surface area contributed by atoms with Crippen LogP contribution in [-0.4, -0.2) is 17.3 Å². The first kappa shape index (κ1) is 9.31. The average Bonchev–Trinajstić information content (AvgIpc) is 1.65. The molecular formula is C6H11ClOS. The Morgan fingerprint density at radius 1 is 1.67 bits per heavy atom. The molecule has 0 heterocycles. The van der Waals surface area contributed by atoms with E-state index in [0.29, 0.717) is 0 Å². The topological polar surface area (TPSA) is 17.1 Å². The van der Waals surface area contributed by atoms with Gasteiger partial charge < -0.3 is 0 Å². The van der Waals surface area contributed by atoms with E-state index in [-0.39, 0.29) is 10.7 Å². The second kappa shape index (κ2) is 3.47. The molecule has 0 unspecified atom stereocenters. The van der Waals surface area contributed by atoms with Crippen molar-refractivity contribution in [2.24, 2.45) is 5.41 Å². The molecule has 0 spiro atoms. The summed E-state index contributed by atoms with van der Waals surface area (Å²) >= 11 is 6.93. The van der Waals surface area contributed by atoms with Crippen LogP contribution in [-0.2, 0) is 4.79 Å². The number of thioether (sulfide) groups is 1. The zero-order valence-corrected chi connectivity index (χ0v) is 7.47. The maximum Gasteiger partial charge on any atom is 0.228 e. The molecule has 1 nitrogen and oxygen atoms in total. The van der Waals surface area contributed by atoms with E-state index in [2.05, 4.69) is 0 Å². The van der Waals surface area contributed by atoms with Crippen molar-refractivity contribution in [2.45, 2.75) is 13.8 Å². The van der Waals surface area contributed by atoms with Crippen LogP contribution in [0.5, 0.6) is 0 Å². The fourth-order valence-electron chi connectivity index (χ4n) is 0.418.